The van der Waals surface area contributed by atoms with E-state index in [0.29, 0.717) is 13.1 Å². The van der Waals surface area contributed by atoms with Crippen LogP contribution in [0.5, 0.6) is 5.75 Å². The molecule has 0 atom stereocenters. The Labute approximate surface area is 213 Å². The lowest BCUT2D eigenvalue weighted by Crippen LogP contribution is -2.32. The fourth-order valence-electron chi connectivity index (χ4n) is 4.08. The number of anilines is 1. The number of alkyl halides is 6. The molecule has 2 N–H and O–H groups in total. The monoisotopic (exact) mass is 542 g/mol. The van der Waals surface area contributed by atoms with Crippen molar-refractivity contribution >= 4 is 23.0 Å². The zero-order chi connectivity index (χ0) is 27.5. The minimum absolute atomic E-state index is 0.0509. The van der Waals surface area contributed by atoms with Gasteiger partial charge in [-0.2, -0.15) is 26.3 Å². The number of imidazole rings is 1. The highest BCUT2D eigenvalue weighted by Crippen LogP contribution is 2.26. The second-order valence-corrected chi connectivity index (χ2v) is 8.81. The Bertz CT molecular complexity index is 1310. The molecule has 14 heteroatoms. The van der Waals surface area contributed by atoms with Gasteiger partial charge < -0.3 is 15.0 Å². The predicted molar refractivity (Wildman–Crippen MR) is 126 cm³/mol. The van der Waals surface area contributed by atoms with Crippen molar-refractivity contribution in [3.63, 3.8) is 0 Å². The molecule has 38 heavy (non-hydrogen) atoms. The van der Waals surface area contributed by atoms with Gasteiger partial charge in [-0.25, -0.2) is 4.98 Å². The molecule has 4 rings (SSSR count). The van der Waals surface area contributed by atoms with Gasteiger partial charge in [-0.1, -0.05) is 12.8 Å². The third kappa shape index (κ3) is 6.72. The number of likely N-dealkylation sites (tertiary alicyclic amines) is 1. The van der Waals surface area contributed by atoms with Crippen molar-refractivity contribution in [2.24, 2.45) is 0 Å². The second kappa shape index (κ2) is 10.9. The summed E-state index contributed by atoms with van der Waals surface area (Å²) in [6.07, 6.45) is -1.95. The Kier molecular flexibility index (Phi) is 7.78. The van der Waals surface area contributed by atoms with E-state index >= 15 is 0 Å². The maximum atomic E-state index is 13.0. The molecule has 0 bridgehead atoms. The Morgan fingerprint density at radius 3 is 2.37 bits per heavy atom. The van der Waals surface area contributed by atoms with Gasteiger partial charge in [-0.3, -0.25) is 19.6 Å². The van der Waals surface area contributed by atoms with Gasteiger partial charge in [0.2, 0.25) is 0 Å². The first-order chi connectivity index (χ1) is 17.9. The molecule has 3 aromatic heterocycles. The smallest absolute Gasteiger partial charge is 0.422 e. The molecule has 1 aliphatic rings. The van der Waals surface area contributed by atoms with Crippen molar-refractivity contribution < 1.29 is 35.9 Å². The summed E-state index contributed by atoms with van der Waals surface area (Å²) < 4.78 is 82.8. The number of amides is 1. The van der Waals surface area contributed by atoms with E-state index in [1.165, 1.54) is 35.0 Å². The number of carbonyl (C=O) groups is 1. The molecule has 1 aliphatic heterocycles. The highest BCUT2D eigenvalue weighted by molar-refractivity contribution is 6.13. The first-order valence-corrected chi connectivity index (χ1v) is 11.8. The molecule has 8 nitrogen and oxygen atoms in total. The standard InChI is InChI=1S/C24H24F6N6O2/c25-23(26,27)13-34-17-9-18(22(37)35-7-3-1-2-4-8-35)32-10-16(17)21(31)19-11-33-20-6-5-15(12-36(19)20)38-14-24(28,29)30/h5-6,9-12,31H,1-4,7-8,13-14H2,(H,32,34). The van der Waals surface area contributed by atoms with Crippen molar-refractivity contribution in [3.05, 3.63) is 53.7 Å². The molecule has 0 saturated carbocycles. The summed E-state index contributed by atoms with van der Waals surface area (Å²) in [5.74, 6) is -0.560. The van der Waals surface area contributed by atoms with Gasteiger partial charge in [-0.15, -0.1) is 0 Å². The fraction of sp³-hybridized carbons (Fsp3) is 0.417. The number of halogens is 6. The van der Waals surface area contributed by atoms with E-state index in [9.17, 15) is 31.1 Å². The van der Waals surface area contributed by atoms with Crippen molar-refractivity contribution in [1.29, 1.82) is 5.41 Å². The van der Waals surface area contributed by atoms with Crippen LogP contribution in [-0.2, 0) is 0 Å². The van der Waals surface area contributed by atoms with Gasteiger partial charge in [-0.05, 0) is 31.0 Å². The van der Waals surface area contributed by atoms with E-state index in [0.717, 1.165) is 31.9 Å². The van der Waals surface area contributed by atoms with E-state index in [2.05, 4.69) is 15.3 Å². The van der Waals surface area contributed by atoms with Crippen molar-refractivity contribution in [2.45, 2.75) is 38.0 Å². The van der Waals surface area contributed by atoms with Crippen LogP contribution < -0.4 is 10.1 Å². The highest BCUT2D eigenvalue weighted by Gasteiger charge is 2.30. The number of nitrogens with zero attached hydrogens (tertiary/aromatic N) is 4. The molecule has 0 unspecified atom stereocenters. The number of fused-ring (bicyclic) bond motifs is 1. The SMILES string of the molecule is N=C(c1cnc(C(=O)N2CCCCCC2)cc1NCC(F)(F)F)c1cnc2ccc(OCC(F)(F)F)cn12. The molecule has 0 aromatic carbocycles. The molecule has 0 radical (unpaired) electrons. The van der Waals surface area contributed by atoms with Gasteiger partial charge >= 0.3 is 12.4 Å². The van der Waals surface area contributed by atoms with Crippen molar-refractivity contribution in [1.82, 2.24) is 19.3 Å². The van der Waals surface area contributed by atoms with E-state index in [1.54, 1.807) is 4.90 Å². The van der Waals surface area contributed by atoms with Gasteiger partial charge in [0.05, 0.1) is 23.8 Å². The summed E-state index contributed by atoms with van der Waals surface area (Å²) in [5.41, 5.74) is -0.216. The summed E-state index contributed by atoms with van der Waals surface area (Å²) in [6.45, 7) is -1.91. The molecule has 1 amide bonds. The number of hydrogen-bond donors (Lipinski definition) is 2. The zero-order valence-electron chi connectivity index (χ0n) is 20.0. The topological polar surface area (TPSA) is 95.6 Å². The number of hydrogen-bond acceptors (Lipinski definition) is 6. The average molecular weight is 542 g/mol. The van der Waals surface area contributed by atoms with Gasteiger partial charge in [0.1, 0.15) is 23.6 Å². The summed E-state index contributed by atoms with van der Waals surface area (Å²) >= 11 is 0. The molecular formula is C24H24F6N6O2. The lowest BCUT2D eigenvalue weighted by molar-refractivity contribution is -0.153. The number of aromatic nitrogens is 3. The Hall–Kier alpha value is -3.84. The minimum atomic E-state index is -4.58. The lowest BCUT2D eigenvalue weighted by atomic mass is 10.1. The zero-order valence-corrected chi connectivity index (χ0v) is 20.0. The number of pyridine rings is 2. The van der Waals surface area contributed by atoms with Crippen LogP contribution in [0, 0.1) is 5.41 Å². The second-order valence-electron chi connectivity index (χ2n) is 8.81. The Morgan fingerprint density at radius 1 is 1.00 bits per heavy atom. The molecule has 204 valence electrons. The normalized spacial score (nSPS) is 14.8. The number of ether oxygens (including phenoxy) is 1. The first-order valence-electron chi connectivity index (χ1n) is 11.8. The fourth-order valence-corrected chi connectivity index (χ4v) is 4.08. The quantitative estimate of drug-likeness (QED) is 0.321. The van der Waals surface area contributed by atoms with Gasteiger partial charge in [0, 0.05) is 30.5 Å². The van der Waals surface area contributed by atoms with E-state index in [4.69, 9.17) is 10.1 Å². The summed E-state index contributed by atoms with van der Waals surface area (Å²) in [6, 6.07) is 3.85. The highest BCUT2D eigenvalue weighted by atomic mass is 19.4. The van der Waals surface area contributed by atoms with E-state index in [1.807, 2.05) is 0 Å². The molecule has 0 aliphatic carbocycles. The molecule has 4 heterocycles. The van der Waals surface area contributed by atoms with Crippen LogP contribution in [0.15, 0.2) is 36.8 Å². The minimum Gasteiger partial charge on any atom is -0.483 e. The van der Waals surface area contributed by atoms with Gasteiger partial charge in [0.15, 0.2) is 6.61 Å². The van der Waals surface area contributed by atoms with Gasteiger partial charge in [0.25, 0.3) is 5.91 Å². The number of carbonyl (C=O) groups excluding carboxylic acids is 1. The van der Waals surface area contributed by atoms with E-state index in [-0.39, 0.29) is 39.7 Å². The maximum absolute atomic E-state index is 13.0. The van der Waals surface area contributed by atoms with Crippen LogP contribution in [-0.4, -0.2) is 69.5 Å². The third-order valence-electron chi connectivity index (χ3n) is 5.90. The average Bonchev–Trinajstić information content (AvgIpc) is 3.08. The molecule has 1 fully saturated rings. The Balaban J connectivity index is 1.67. The van der Waals surface area contributed by atoms with Crippen LogP contribution in [0.4, 0.5) is 32.0 Å². The largest absolute Gasteiger partial charge is 0.483 e. The van der Waals surface area contributed by atoms with Crippen LogP contribution in [0.1, 0.15) is 47.4 Å². The summed E-state index contributed by atoms with van der Waals surface area (Å²) in [4.78, 5) is 22.9. The molecule has 1 saturated heterocycles. The maximum Gasteiger partial charge on any atom is 0.422 e. The summed E-state index contributed by atoms with van der Waals surface area (Å²) in [7, 11) is 0. The van der Waals surface area contributed by atoms with E-state index < -0.39 is 31.4 Å². The predicted octanol–water partition coefficient (Wildman–Crippen LogP) is 5.08. The van der Waals surface area contributed by atoms with Crippen LogP contribution >= 0.6 is 0 Å². The number of rotatable bonds is 7. The molecule has 0 spiro atoms. The van der Waals surface area contributed by atoms with Crippen LogP contribution in [0.25, 0.3) is 5.65 Å². The Morgan fingerprint density at radius 2 is 1.71 bits per heavy atom. The third-order valence-corrected chi connectivity index (χ3v) is 5.90. The molecule has 3 aromatic rings. The van der Waals surface area contributed by atoms with Crippen molar-refractivity contribution in [3.8, 4) is 5.75 Å². The van der Waals surface area contributed by atoms with Crippen LogP contribution in [0.2, 0.25) is 0 Å². The number of nitrogens with one attached hydrogen (secondary N) is 2. The molecular weight excluding hydrogens is 518 g/mol. The summed E-state index contributed by atoms with van der Waals surface area (Å²) in [5, 5.41) is 10.9. The van der Waals surface area contributed by atoms with Crippen LogP contribution in [0.3, 0.4) is 0 Å². The first kappa shape index (κ1) is 27.2. The van der Waals surface area contributed by atoms with Crippen molar-refractivity contribution in [2.75, 3.05) is 31.6 Å². The lowest BCUT2D eigenvalue weighted by Gasteiger charge is -2.21.